The van der Waals surface area contributed by atoms with Crippen molar-refractivity contribution in [2.24, 2.45) is 11.7 Å². The lowest BCUT2D eigenvalue weighted by Crippen LogP contribution is -2.31. The molecule has 2 N–H and O–H groups in total. The molecule has 2 nitrogen and oxygen atoms in total. The van der Waals surface area contributed by atoms with Crippen LogP contribution in [-0.2, 0) is 0 Å². The van der Waals surface area contributed by atoms with Crippen molar-refractivity contribution >= 4 is 0 Å². The summed E-state index contributed by atoms with van der Waals surface area (Å²) in [6.07, 6.45) is 1.12. The lowest BCUT2D eigenvalue weighted by atomic mass is 9.94. The Morgan fingerprint density at radius 2 is 2.00 bits per heavy atom. The summed E-state index contributed by atoms with van der Waals surface area (Å²) < 4.78 is 13.6. The molecule has 0 aliphatic rings. The van der Waals surface area contributed by atoms with Crippen LogP contribution in [-0.4, -0.2) is 25.0 Å². The van der Waals surface area contributed by atoms with E-state index in [1.165, 1.54) is 6.07 Å². The van der Waals surface area contributed by atoms with Gasteiger partial charge in [0.05, 0.1) is 0 Å². The van der Waals surface area contributed by atoms with Crippen LogP contribution in [0.15, 0.2) is 24.3 Å². The molecule has 1 aromatic carbocycles. The lowest BCUT2D eigenvalue weighted by molar-refractivity contribution is 0.263. The van der Waals surface area contributed by atoms with Crippen molar-refractivity contribution in [3.05, 3.63) is 35.6 Å². The van der Waals surface area contributed by atoms with Crippen molar-refractivity contribution in [2.75, 3.05) is 20.1 Å². The molecule has 0 heterocycles. The van der Waals surface area contributed by atoms with E-state index in [-0.39, 0.29) is 17.8 Å². The molecule has 0 aromatic heterocycles. The van der Waals surface area contributed by atoms with E-state index in [1.54, 1.807) is 12.1 Å². The van der Waals surface area contributed by atoms with Crippen molar-refractivity contribution in [3.63, 3.8) is 0 Å². The first-order chi connectivity index (χ1) is 8.06. The molecule has 0 bridgehead atoms. The molecular formula is C14H23FN2. The standard InChI is InChI=1S/C14H23FN2/c1-4-9-17(3)10-11(2)14(16)12-7-5-6-8-13(12)15/h5-8,11,14H,4,9-10,16H2,1-3H3. The fraction of sp³-hybridized carbons (Fsp3) is 0.571. The van der Waals surface area contributed by atoms with Gasteiger partial charge in [0, 0.05) is 18.2 Å². The number of hydrogen-bond donors (Lipinski definition) is 1. The van der Waals surface area contributed by atoms with Crippen molar-refractivity contribution < 1.29 is 4.39 Å². The quantitative estimate of drug-likeness (QED) is 0.825. The summed E-state index contributed by atoms with van der Waals surface area (Å²) in [5, 5.41) is 0. The van der Waals surface area contributed by atoms with Crippen LogP contribution in [0.3, 0.4) is 0 Å². The molecule has 0 amide bonds. The summed E-state index contributed by atoms with van der Waals surface area (Å²) >= 11 is 0. The number of nitrogens with zero attached hydrogens (tertiary/aromatic N) is 1. The van der Waals surface area contributed by atoms with Crippen LogP contribution in [0.25, 0.3) is 0 Å². The van der Waals surface area contributed by atoms with Gasteiger partial charge in [0.25, 0.3) is 0 Å². The summed E-state index contributed by atoms with van der Waals surface area (Å²) in [4.78, 5) is 2.24. The van der Waals surface area contributed by atoms with E-state index in [1.807, 2.05) is 6.07 Å². The molecule has 2 atom stereocenters. The molecule has 0 saturated carbocycles. The third kappa shape index (κ3) is 4.10. The highest BCUT2D eigenvalue weighted by atomic mass is 19.1. The molecule has 2 unspecified atom stereocenters. The predicted octanol–water partition coefficient (Wildman–Crippen LogP) is 2.80. The van der Waals surface area contributed by atoms with Crippen LogP contribution in [0.4, 0.5) is 4.39 Å². The molecular weight excluding hydrogens is 215 g/mol. The van der Waals surface area contributed by atoms with E-state index in [0.29, 0.717) is 5.56 Å². The second kappa shape index (κ2) is 6.72. The summed E-state index contributed by atoms with van der Waals surface area (Å²) in [7, 11) is 2.08. The lowest BCUT2D eigenvalue weighted by Gasteiger charge is -2.25. The van der Waals surface area contributed by atoms with Crippen molar-refractivity contribution in [1.29, 1.82) is 0 Å². The number of benzene rings is 1. The van der Waals surface area contributed by atoms with Crippen LogP contribution >= 0.6 is 0 Å². The van der Waals surface area contributed by atoms with Gasteiger partial charge in [-0.05, 0) is 32.0 Å². The highest BCUT2D eigenvalue weighted by molar-refractivity contribution is 5.21. The third-order valence-electron chi connectivity index (χ3n) is 3.08. The minimum absolute atomic E-state index is 0.204. The van der Waals surface area contributed by atoms with Crippen molar-refractivity contribution in [1.82, 2.24) is 4.90 Å². The van der Waals surface area contributed by atoms with Gasteiger partial charge in [-0.25, -0.2) is 4.39 Å². The molecule has 3 heteroatoms. The van der Waals surface area contributed by atoms with Gasteiger partial charge in [-0.15, -0.1) is 0 Å². The molecule has 0 aliphatic carbocycles. The smallest absolute Gasteiger partial charge is 0.127 e. The fourth-order valence-corrected chi connectivity index (χ4v) is 2.13. The van der Waals surface area contributed by atoms with Crippen LogP contribution in [0.2, 0.25) is 0 Å². The molecule has 0 saturated heterocycles. The molecule has 0 fully saturated rings. The minimum atomic E-state index is -0.240. The number of hydrogen-bond acceptors (Lipinski definition) is 2. The summed E-state index contributed by atoms with van der Waals surface area (Å²) in [5.41, 5.74) is 6.73. The highest BCUT2D eigenvalue weighted by Crippen LogP contribution is 2.22. The summed E-state index contributed by atoms with van der Waals surface area (Å²) in [6, 6.07) is 6.53. The topological polar surface area (TPSA) is 29.3 Å². The summed E-state index contributed by atoms with van der Waals surface area (Å²) in [6.45, 7) is 6.17. The minimum Gasteiger partial charge on any atom is -0.324 e. The molecule has 96 valence electrons. The second-order valence-corrected chi connectivity index (χ2v) is 4.79. The molecule has 0 radical (unpaired) electrons. The van der Waals surface area contributed by atoms with Crippen molar-refractivity contribution in [3.8, 4) is 0 Å². The predicted molar refractivity (Wildman–Crippen MR) is 70.3 cm³/mol. The second-order valence-electron chi connectivity index (χ2n) is 4.79. The zero-order valence-electron chi connectivity index (χ0n) is 11.0. The zero-order chi connectivity index (χ0) is 12.8. The SMILES string of the molecule is CCCN(C)CC(C)C(N)c1ccccc1F. The molecule has 1 aromatic rings. The van der Waals surface area contributed by atoms with Gasteiger partial charge in [0.1, 0.15) is 5.82 Å². The maximum Gasteiger partial charge on any atom is 0.127 e. The van der Waals surface area contributed by atoms with Gasteiger partial charge < -0.3 is 10.6 Å². The fourth-order valence-electron chi connectivity index (χ4n) is 2.13. The molecule has 0 aliphatic heterocycles. The normalized spacial score (nSPS) is 14.9. The zero-order valence-corrected chi connectivity index (χ0v) is 11.0. The maximum atomic E-state index is 13.6. The van der Waals surface area contributed by atoms with Crippen molar-refractivity contribution in [2.45, 2.75) is 26.3 Å². The van der Waals surface area contributed by atoms with Gasteiger partial charge in [0.2, 0.25) is 0 Å². The van der Waals surface area contributed by atoms with E-state index in [0.717, 1.165) is 19.5 Å². The van der Waals surface area contributed by atoms with E-state index < -0.39 is 0 Å². The Balaban J connectivity index is 2.63. The van der Waals surface area contributed by atoms with Gasteiger partial charge >= 0.3 is 0 Å². The van der Waals surface area contributed by atoms with Gasteiger partial charge in [0.15, 0.2) is 0 Å². The molecule has 17 heavy (non-hydrogen) atoms. The summed E-state index contributed by atoms with van der Waals surface area (Å²) in [5.74, 6) is 0.0356. The average Bonchev–Trinajstić information content (AvgIpc) is 2.29. The van der Waals surface area contributed by atoms with E-state index in [9.17, 15) is 4.39 Å². The number of rotatable bonds is 6. The largest absolute Gasteiger partial charge is 0.324 e. The Morgan fingerprint density at radius 1 is 1.35 bits per heavy atom. The van der Waals surface area contributed by atoms with Gasteiger partial charge in [-0.1, -0.05) is 32.0 Å². The Labute approximate surface area is 104 Å². The van der Waals surface area contributed by atoms with Crippen LogP contribution < -0.4 is 5.73 Å². The average molecular weight is 238 g/mol. The highest BCUT2D eigenvalue weighted by Gasteiger charge is 2.18. The maximum absolute atomic E-state index is 13.6. The monoisotopic (exact) mass is 238 g/mol. The first kappa shape index (κ1) is 14.1. The Hall–Kier alpha value is -0.930. The molecule has 0 spiro atoms. The Bertz CT molecular complexity index is 341. The third-order valence-corrected chi connectivity index (χ3v) is 3.08. The Morgan fingerprint density at radius 3 is 2.59 bits per heavy atom. The van der Waals surface area contributed by atoms with Gasteiger partial charge in [-0.3, -0.25) is 0 Å². The van der Waals surface area contributed by atoms with Crippen LogP contribution in [0.5, 0.6) is 0 Å². The first-order valence-electron chi connectivity index (χ1n) is 6.24. The number of nitrogens with two attached hydrogens (primary N) is 1. The molecule has 1 rings (SSSR count). The van der Waals surface area contributed by atoms with E-state index in [4.69, 9.17) is 5.73 Å². The number of halogens is 1. The first-order valence-corrected chi connectivity index (χ1v) is 6.24. The van der Waals surface area contributed by atoms with E-state index >= 15 is 0 Å². The Kier molecular flexibility index (Phi) is 5.59. The van der Waals surface area contributed by atoms with Crippen LogP contribution in [0.1, 0.15) is 31.9 Å². The van der Waals surface area contributed by atoms with E-state index in [2.05, 4.69) is 25.8 Å². The van der Waals surface area contributed by atoms with Gasteiger partial charge in [-0.2, -0.15) is 0 Å². The van der Waals surface area contributed by atoms with Crippen LogP contribution in [0, 0.1) is 11.7 Å².